The van der Waals surface area contributed by atoms with Crippen molar-refractivity contribution >= 4 is 11.7 Å². The number of carbonyl (C=O) groups excluding carboxylic acids is 1. The molecule has 0 saturated heterocycles. The molecule has 1 rings (SSSR count). The zero-order valence-corrected chi connectivity index (χ0v) is 9.84. The van der Waals surface area contributed by atoms with Crippen LogP contribution in [0.4, 0.5) is 23.7 Å². The number of nitrogens with one attached hydrogen (secondary N) is 2. The van der Waals surface area contributed by atoms with Gasteiger partial charge in [0, 0.05) is 0 Å². The second-order valence-electron chi connectivity index (χ2n) is 3.42. The number of alkyl halides is 3. The second-order valence-corrected chi connectivity index (χ2v) is 3.42. The first kappa shape index (κ1) is 14.6. The number of ether oxygens (including phenoxy) is 1. The van der Waals surface area contributed by atoms with Gasteiger partial charge in [0.1, 0.15) is 24.1 Å². The molecule has 0 fully saturated rings. The molecule has 0 bridgehead atoms. The highest BCUT2D eigenvalue weighted by molar-refractivity contribution is 5.92. The van der Waals surface area contributed by atoms with E-state index < -0.39 is 18.8 Å². The van der Waals surface area contributed by atoms with Crippen LogP contribution in [-0.4, -0.2) is 25.9 Å². The molecule has 0 spiro atoms. The maximum Gasteiger partial charge on any atom is 0.405 e. The summed E-state index contributed by atoms with van der Waals surface area (Å²) in [7, 11) is 1.31. The molecular formula is C11H10F3N3O2. The standard InChI is InChI=1S/C11H10F3N3O2/c1-19-8-4-2-3-7(5-15)9(8)17-10(18)16-6-11(12,13)14/h2-4H,6H2,1H3,(H2,16,17,18). The SMILES string of the molecule is COc1cccc(C#N)c1NC(=O)NCC(F)(F)F. The molecule has 102 valence electrons. The Balaban J connectivity index is 2.82. The van der Waals surface area contributed by atoms with Crippen LogP contribution in [0.3, 0.4) is 0 Å². The van der Waals surface area contributed by atoms with Gasteiger partial charge in [0.15, 0.2) is 0 Å². The Labute approximate surface area is 107 Å². The molecule has 0 unspecified atom stereocenters. The van der Waals surface area contributed by atoms with Crippen LogP contribution in [0.15, 0.2) is 18.2 Å². The van der Waals surface area contributed by atoms with E-state index in [2.05, 4.69) is 5.32 Å². The van der Waals surface area contributed by atoms with Crippen molar-refractivity contribution in [3.8, 4) is 11.8 Å². The maximum absolute atomic E-state index is 11.9. The Bertz CT molecular complexity index is 509. The van der Waals surface area contributed by atoms with E-state index >= 15 is 0 Å². The van der Waals surface area contributed by atoms with Gasteiger partial charge in [-0.05, 0) is 12.1 Å². The fourth-order valence-electron chi connectivity index (χ4n) is 1.26. The zero-order chi connectivity index (χ0) is 14.5. The Morgan fingerprint density at radius 2 is 2.16 bits per heavy atom. The number of carbonyl (C=O) groups is 1. The molecule has 19 heavy (non-hydrogen) atoms. The van der Waals surface area contributed by atoms with Crippen molar-refractivity contribution in [2.45, 2.75) is 6.18 Å². The van der Waals surface area contributed by atoms with E-state index in [4.69, 9.17) is 10.00 Å². The lowest BCUT2D eigenvalue weighted by atomic mass is 10.2. The highest BCUT2D eigenvalue weighted by Crippen LogP contribution is 2.27. The quantitative estimate of drug-likeness (QED) is 0.887. The first-order chi connectivity index (χ1) is 8.87. The maximum atomic E-state index is 11.9. The minimum Gasteiger partial charge on any atom is -0.495 e. The van der Waals surface area contributed by atoms with Crippen molar-refractivity contribution in [2.75, 3.05) is 19.0 Å². The minimum absolute atomic E-state index is 0.0205. The van der Waals surface area contributed by atoms with Gasteiger partial charge in [0.25, 0.3) is 0 Å². The molecule has 0 radical (unpaired) electrons. The Kier molecular flexibility index (Phi) is 4.58. The minimum atomic E-state index is -4.50. The van der Waals surface area contributed by atoms with E-state index in [9.17, 15) is 18.0 Å². The monoisotopic (exact) mass is 273 g/mol. The van der Waals surface area contributed by atoms with Crippen molar-refractivity contribution in [1.82, 2.24) is 5.32 Å². The van der Waals surface area contributed by atoms with Crippen molar-refractivity contribution in [2.24, 2.45) is 0 Å². The molecule has 0 aliphatic carbocycles. The first-order valence-corrected chi connectivity index (χ1v) is 5.06. The molecular weight excluding hydrogens is 263 g/mol. The van der Waals surface area contributed by atoms with Crippen LogP contribution < -0.4 is 15.4 Å². The lowest BCUT2D eigenvalue weighted by molar-refractivity contribution is -0.122. The Hall–Kier alpha value is -2.43. The van der Waals surface area contributed by atoms with Gasteiger partial charge in [-0.1, -0.05) is 6.07 Å². The number of amides is 2. The van der Waals surface area contributed by atoms with Crippen molar-refractivity contribution in [1.29, 1.82) is 5.26 Å². The number of hydrogen-bond acceptors (Lipinski definition) is 3. The predicted molar refractivity (Wildman–Crippen MR) is 60.8 cm³/mol. The summed E-state index contributed by atoms with van der Waals surface area (Å²) in [5.41, 5.74) is 0.105. The molecule has 1 aromatic carbocycles. The summed E-state index contributed by atoms with van der Waals surface area (Å²) < 4.78 is 40.7. The molecule has 0 saturated carbocycles. The highest BCUT2D eigenvalue weighted by Gasteiger charge is 2.28. The third kappa shape index (κ3) is 4.39. The largest absolute Gasteiger partial charge is 0.495 e. The van der Waals surface area contributed by atoms with E-state index in [0.717, 1.165) is 0 Å². The Morgan fingerprint density at radius 3 is 2.68 bits per heavy atom. The van der Waals surface area contributed by atoms with Crippen LogP contribution in [0.1, 0.15) is 5.56 Å². The van der Waals surface area contributed by atoms with E-state index in [1.54, 1.807) is 11.4 Å². The van der Waals surface area contributed by atoms with Gasteiger partial charge < -0.3 is 15.4 Å². The topological polar surface area (TPSA) is 74.1 Å². The lowest BCUT2D eigenvalue weighted by Crippen LogP contribution is -2.36. The molecule has 0 aliphatic heterocycles. The second kappa shape index (κ2) is 5.95. The molecule has 2 N–H and O–H groups in total. The number of nitriles is 1. The summed E-state index contributed by atoms with van der Waals surface area (Å²) in [4.78, 5) is 11.3. The number of nitrogens with zero attached hydrogens (tertiary/aromatic N) is 1. The fraction of sp³-hybridized carbons (Fsp3) is 0.273. The van der Waals surface area contributed by atoms with Gasteiger partial charge in [0.2, 0.25) is 0 Å². The average molecular weight is 273 g/mol. The molecule has 5 nitrogen and oxygen atoms in total. The summed E-state index contributed by atoms with van der Waals surface area (Å²) in [5, 5.41) is 12.6. The van der Waals surface area contributed by atoms with Gasteiger partial charge in [-0.3, -0.25) is 0 Å². The fourth-order valence-corrected chi connectivity index (χ4v) is 1.26. The van der Waals surface area contributed by atoms with Crippen LogP contribution in [0.5, 0.6) is 5.75 Å². The molecule has 0 aliphatic rings. The lowest BCUT2D eigenvalue weighted by Gasteiger charge is -2.13. The number of anilines is 1. The van der Waals surface area contributed by atoms with E-state index in [0.29, 0.717) is 0 Å². The number of benzene rings is 1. The smallest absolute Gasteiger partial charge is 0.405 e. The van der Waals surface area contributed by atoms with Crippen LogP contribution in [-0.2, 0) is 0 Å². The van der Waals surface area contributed by atoms with Crippen molar-refractivity contribution in [3.63, 3.8) is 0 Å². The Morgan fingerprint density at radius 1 is 1.47 bits per heavy atom. The van der Waals surface area contributed by atoms with E-state index in [1.807, 2.05) is 0 Å². The number of urea groups is 1. The van der Waals surface area contributed by atoms with E-state index in [1.165, 1.54) is 25.3 Å². The summed E-state index contributed by atoms with van der Waals surface area (Å²) in [6.07, 6.45) is -4.50. The summed E-state index contributed by atoms with van der Waals surface area (Å²) in [6, 6.07) is 5.13. The summed E-state index contributed by atoms with van der Waals surface area (Å²) in [6.45, 7) is -1.46. The van der Waals surface area contributed by atoms with Crippen LogP contribution in [0, 0.1) is 11.3 Å². The average Bonchev–Trinajstić information content (AvgIpc) is 2.35. The molecule has 8 heteroatoms. The van der Waals surface area contributed by atoms with Crippen LogP contribution in [0.2, 0.25) is 0 Å². The van der Waals surface area contributed by atoms with Gasteiger partial charge in [-0.25, -0.2) is 4.79 Å². The third-order valence-electron chi connectivity index (χ3n) is 2.05. The van der Waals surface area contributed by atoms with Crippen LogP contribution in [0.25, 0.3) is 0 Å². The van der Waals surface area contributed by atoms with E-state index in [-0.39, 0.29) is 17.0 Å². The predicted octanol–water partition coefficient (Wildman–Crippen LogP) is 2.25. The number of para-hydroxylation sites is 1. The highest BCUT2D eigenvalue weighted by atomic mass is 19.4. The molecule has 0 heterocycles. The molecule has 0 atom stereocenters. The normalized spacial score (nSPS) is 10.5. The van der Waals surface area contributed by atoms with Gasteiger partial charge in [-0.2, -0.15) is 18.4 Å². The van der Waals surface area contributed by atoms with Crippen molar-refractivity contribution < 1.29 is 22.7 Å². The summed E-state index contributed by atoms with van der Waals surface area (Å²) in [5.74, 6) is 0.182. The number of methoxy groups -OCH3 is 1. The van der Waals surface area contributed by atoms with Gasteiger partial charge in [-0.15, -0.1) is 0 Å². The molecule has 0 aromatic heterocycles. The van der Waals surface area contributed by atoms with Gasteiger partial charge >= 0.3 is 12.2 Å². The first-order valence-electron chi connectivity index (χ1n) is 5.06. The van der Waals surface area contributed by atoms with Gasteiger partial charge in [0.05, 0.1) is 12.7 Å². The molecule has 1 aromatic rings. The van der Waals surface area contributed by atoms with Crippen molar-refractivity contribution in [3.05, 3.63) is 23.8 Å². The zero-order valence-electron chi connectivity index (χ0n) is 9.84. The molecule has 2 amide bonds. The number of halogens is 3. The van der Waals surface area contributed by atoms with Crippen LogP contribution >= 0.6 is 0 Å². The summed E-state index contributed by atoms with van der Waals surface area (Å²) >= 11 is 0. The number of rotatable bonds is 3. The third-order valence-corrected chi connectivity index (χ3v) is 2.05. The number of hydrogen-bond donors (Lipinski definition) is 2.